The monoisotopic (exact) mass is 358 g/mol. The van der Waals surface area contributed by atoms with E-state index in [0.717, 1.165) is 17.0 Å². The second-order valence-electron chi connectivity index (χ2n) is 6.26. The van der Waals surface area contributed by atoms with Crippen molar-refractivity contribution >= 4 is 11.7 Å². The van der Waals surface area contributed by atoms with Gasteiger partial charge in [0.1, 0.15) is 17.3 Å². The summed E-state index contributed by atoms with van der Waals surface area (Å²) < 4.78 is 7.38. The second-order valence-corrected chi connectivity index (χ2v) is 6.26. The highest BCUT2D eigenvalue weighted by Crippen LogP contribution is 2.26. The Bertz CT molecular complexity index is 1080. The quantitative estimate of drug-likeness (QED) is 0.587. The molecule has 4 rings (SSSR count). The van der Waals surface area contributed by atoms with Crippen molar-refractivity contribution in [1.82, 2.24) is 14.8 Å². The molecule has 0 bridgehead atoms. The minimum absolute atomic E-state index is 0.294. The topological polar surface area (TPSA) is 73.0 Å². The van der Waals surface area contributed by atoms with Crippen LogP contribution >= 0.6 is 0 Å². The molecule has 27 heavy (non-hydrogen) atoms. The number of aryl methyl sites for hydroxylation is 2. The van der Waals surface area contributed by atoms with Gasteiger partial charge in [-0.3, -0.25) is 4.79 Å². The number of hydrogen-bond acceptors (Lipinski definition) is 4. The number of nitrogens with zero attached hydrogens (tertiary/aromatic N) is 3. The molecule has 0 atom stereocenters. The Hall–Kier alpha value is -3.67. The summed E-state index contributed by atoms with van der Waals surface area (Å²) in [4.78, 5) is 17.1. The highest BCUT2D eigenvalue weighted by Gasteiger charge is 2.21. The summed E-state index contributed by atoms with van der Waals surface area (Å²) in [6.45, 7) is 3.80. The fourth-order valence-electron chi connectivity index (χ4n) is 2.72. The standard InChI is InChI=1S/C21H18N4O2/c1-14-8-11-19(22-12-14)23-21(26)17-13-25(16-6-4-3-5-7-16)24-20(17)18-10-9-15(2)27-18/h3-13H,1-2H3,(H,22,23,26). The van der Waals surface area contributed by atoms with Gasteiger partial charge in [-0.2, -0.15) is 5.10 Å². The summed E-state index contributed by atoms with van der Waals surface area (Å²) in [5.41, 5.74) is 2.78. The molecule has 1 amide bonds. The van der Waals surface area contributed by atoms with E-state index in [-0.39, 0.29) is 5.91 Å². The van der Waals surface area contributed by atoms with E-state index < -0.39 is 0 Å². The molecule has 0 saturated carbocycles. The molecule has 1 aromatic carbocycles. The van der Waals surface area contributed by atoms with E-state index >= 15 is 0 Å². The number of nitrogens with one attached hydrogen (secondary N) is 1. The molecule has 6 nitrogen and oxygen atoms in total. The van der Waals surface area contributed by atoms with Gasteiger partial charge in [-0.05, 0) is 49.7 Å². The average molecular weight is 358 g/mol. The van der Waals surface area contributed by atoms with E-state index in [1.165, 1.54) is 0 Å². The first-order valence-electron chi connectivity index (χ1n) is 8.56. The number of carbonyl (C=O) groups excluding carboxylic acids is 1. The van der Waals surface area contributed by atoms with Crippen molar-refractivity contribution in [2.45, 2.75) is 13.8 Å². The molecular weight excluding hydrogens is 340 g/mol. The van der Waals surface area contributed by atoms with Gasteiger partial charge in [-0.1, -0.05) is 24.3 Å². The Morgan fingerprint density at radius 2 is 1.85 bits per heavy atom. The Balaban J connectivity index is 1.74. The van der Waals surface area contributed by atoms with E-state index in [9.17, 15) is 4.79 Å². The van der Waals surface area contributed by atoms with Crippen molar-refractivity contribution in [3.05, 3.63) is 83.9 Å². The third kappa shape index (κ3) is 3.50. The molecule has 3 aromatic heterocycles. The molecule has 4 aromatic rings. The lowest BCUT2D eigenvalue weighted by molar-refractivity contribution is 0.102. The van der Waals surface area contributed by atoms with Crippen molar-refractivity contribution in [1.29, 1.82) is 0 Å². The summed E-state index contributed by atoms with van der Waals surface area (Å²) in [6, 6.07) is 16.9. The summed E-state index contributed by atoms with van der Waals surface area (Å²) in [5, 5.41) is 7.40. The van der Waals surface area contributed by atoms with Crippen LogP contribution in [0.5, 0.6) is 0 Å². The Morgan fingerprint density at radius 3 is 2.52 bits per heavy atom. The molecule has 0 saturated heterocycles. The first-order chi connectivity index (χ1) is 13.1. The number of rotatable bonds is 4. The van der Waals surface area contributed by atoms with Gasteiger partial charge in [0.05, 0.1) is 11.3 Å². The van der Waals surface area contributed by atoms with Crippen LogP contribution < -0.4 is 5.32 Å². The normalized spacial score (nSPS) is 10.7. The lowest BCUT2D eigenvalue weighted by Crippen LogP contribution is -2.13. The summed E-state index contributed by atoms with van der Waals surface area (Å²) in [5.74, 6) is 1.49. The van der Waals surface area contributed by atoms with Gasteiger partial charge in [-0.15, -0.1) is 0 Å². The first-order valence-corrected chi connectivity index (χ1v) is 8.56. The lowest BCUT2D eigenvalue weighted by atomic mass is 10.2. The van der Waals surface area contributed by atoms with Gasteiger partial charge in [0.2, 0.25) is 0 Å². The third-order valence-corrected chi connectivity index (χ3v) is 4.11. The lowest BCUT2D eigenvalue weighted by Gasteiger charge is -2.04. The zero-order valence-electron chi connectivity index (χ0n) is 15.0. The van der Waals surface area contributed by atoms with Crippen LogP contribution in [0, 0.1) is 13.8 Å². The number of para-hydroxylation sites is 1. The zero-order chi connectivity index (χ0) is 18.8. The van der Waals surface area contributed by atoms with Crippen LogP contribution in [0.4, 0.5) is 5.82 Å². The van der Waals surface area contributed by atoms with Crippen molar-refractivity contribution in [3.63, 3.8) is 0 Å². The van der Waals surface area contributed by atoms with Gasteiger partial charge >= 0.3 is 0 Å². The van der Waals surface area contributed by atoms with E-state index in [1.807, 2.05) is 62.4 Å². The van der Waals surface area contributed by atoms with Crippen molar-refractivity contribution in [2.75, 3.05) is 5.32 Å². The smallest absolute Gasteiger partial charge is 0.260 e. The molecule has 134 valence electrons. The molecule has 0 radical (unpaired) electrons. The molecule has 0 unspecified atom stereocenters. The maximum absolute atomic E-state index is 12.9. The molecule has 6 heteroatoms. The molecule has 0 aliphatic rings. The number of amides is 1. The maximum atomic E-state index is 12.9. The Morgan fingerprint density at radius 1 is 1.04 bits per heavy atom. The van der Waals surface area contributed by atoms with Crippen molar-refractivity contribution in [3.8, 4) is 17.1 Å². The minimum atomic E-state index is -0.294. The summed E-state index contributed by atoms with van der Waals surface area (Å²) in [6.07, 6.45) is 3.41. The van der Waals surface area contributed by atoms with E-state index in [4.69, 9.17) is 4.42 Å². The third-order valence-electron chi connectivity index (χ3n) is 4.11. The van der Waals surface area contributed by atoms with Crippen LogP contribution in [-0.2, 0) is 0 Å². The minimum Gasteiger partial charge on any atom is -0.460 e. The Labute approximate surface area is 156 Å². The molecule has 0 fully saturated rings. The maximum Gasteiger partial charge on any atom is 0.260 e. The molecule has 0 aliphatic carbocycles. The van der Waals surface area contributed by atoms with Gasteiger partial charge in [0, 0.05) is 12.4 Å². The number of hydrogen-bond donors (Lipinski definition) is 1. The zero-order valence-corrected chi connectivity index (χ0v) is 15.0. The van der Waals surface area contributed by atoms with Crippen LogP contribution in [0.3, 0.4) is 0 Å². The molecule has 3 heterocycles. The van der Waals surface area contributed by atoms with Crippen molar-refractivity contribution in [2.24, 2.45) is 0 Å². The fourth-order valence-corrected chi connectivity index (χ4v) is 2.72. The largest absolute Gasteiger partial charge is 0.460 e. The Kier molecular flexibility index (Phi) is 4.30. The number of aromatic nitrogens is 3. The summed E-state index contributed by atoms with van der Waals surface area (Å²) >= 11 is 0. The predicted molar refractivity (Wildman–Crippen MR) is 103 cm³/mol. The van der Waals surface area contributed by atoms with Crippen molar-refractivity contribution < 1.29 is 9.21 Å². The first kappa shape index (κ1) is 16.8. The molecular formula is C21H18N4O2. The van der Waals surface area contributed by atoms with Crippen LogP contribution in [0.2, 0.25) is 0 Å². The SMILES string of the molecule is Cc1ccc(NC(=O)c2cn(-c3ccccc3)nc2-c2ccc(C)o2)nc1. The van der Waals surface area contributed by atoms with E-state index in [2.05, 4.69) is 15.4 Å². The molecule has 0 spiro atoms. The van der Waals surface area contributed by atoms with Gasteiger partial charge in [-0.25, -0.2) is 9.67 Å². The van der Waals surface area contributed by atoms with Crippen LogP contribution in [0.1, 0.15) is 21.7 Å². The highest BCUT2D eigenvalue weighted by molar-refractivity contribution is 6.07. The molecule has 0 aliphatic heterocycles. The van der Waals surface area contributed by atoms with E-state index in [1.54, 1.807) is 23.1 Å². The predicted octanol–water partition coefficient (Wildman–Crippen LogP) is 4.40. The number of carbonyl (C=O) groups is 1. The van der Waals surface area contributed by atoms with Crippen LogP contribution in [0.15, 0.2) is 71.4 Å². The van der Waals surface area contributed by atoms with Crippen LogP contribution in [-0.4, -0.2) is 20.7 Å². The van der Waals surface area contributed by atoms with E-state index in [0.29, 0.717) is 22.8 Å². The van der Waals surface area contributed by atoms with Crippen LogP contribution in [0.25, 0.3) is 17.1 Å². The number of furan rings is 1. The highest BCUT2D eigenvalue weighted by atomic mass is 16.3. The number of pyridine rings is 1. The summed E-state index contributed by atoms with van der Waals surface area (Å²) in [7, 11) is 0. The van der Waals surface area contributed by atoms with Gasteiger partial charge < -0.3 is 9.73 Å². The fraction of sp³-hybridized carbons (Fsp3) is 0.0952. The average Bonchev–Trinajstić information content (AvgIpc) is 3.31. The van der Waals surface area contributed by atoms with Gasteiger partial charge in [0.15, 0.2) is 5.76 Å². The second kappa shape index (κ2) is 6.92. The number of benzene rings is 1. The number of anilines is 1. The van der Waals surface area contributed by atoms with Gasteiger partial charge in [0.25, 0.3) is 5.91 Å². The molecule has 1 N–H and O–H groups in total.